The van der Waals surface area contributed by atoms with E-state index < -0.39 is 17.4 Å². The summed E-state index contributed by atoms with van der Waals surface area (Å²) in [6.07, 6.45) is 3.07. The van der Waals surface area contributed by atoms with Crippen molar-refractivity contribution in [1.29, 1.82) is 0 Å². The smallest absolute Gasteiger partial charge is 0.326 e. The van der Waals surface area contributed by atoms with Crippen molar-refractivity contribution >= 4 is 12.0 Å². The fourth-order valence-electron chi connectivity index (χ4n) is 2.47. The molecule has 0 aromatic heterocycles. The first-order valence-electron chi connectivity index (χ1n) is 7.37. The lowest BCUT2D eigenvalue weighted by atomic mass is 9.78. The molecule has 0 saturated carbocycles. The molecule has 1 rings (SSSR count). The average Bonchev–Trinajstić information content (AvgIpc) is 2.34. The highest BCUT2D eigenvalue weighted by Gasteiger charge is 2.35. The Morgan fingerprint density at radius 2 is 1.80 bits per heavy atom. The molecule has 0 unspecified atom stereocenters. The van der Waals surface area contributed by atoms with Gasteiger partial charge in [0.25, 0.3) is 0 Å². The van der Waals surface area contributed by atoms with E-state index >= 15 is 0 Å². The summed E-state index contributed by atoms with van der Waals surface area (Å²) in [5.74, 6) is -0.985. The van der Waals surface area contributed by atoms with Gasteiger partial charge < -0.3 is 15.3 Å². The van der Waals surface area contributed by atoms with Crippen LogP contribution in [0.4, 0.5) is 4.79 Å². The molecule has 0 aromatic rings. The molecule has 0 spiro atoms. The minimum Gasteiger partial charge on any atom is -0.480 e. The molecule has 1 heterocycles. The number of urea groups is 1. The van der Waals surface area contributed by atoms with Crippen LogP contribution in [0.3, 0.4) is 0 Å². The number of carboxylic acids is 1. The first kappa shape index (κ1) is 16.8. The lowest BCUT2D eigenvalue weighted by Crippen LogP contribution is -2.55. The molecular formula is C15H28N2O3. The minimum atomic E-state index is -0.985. The van der Waals surface area contributed by atoms with E-state index in [0.29, 0.717) is 18.5 Å². The Kier molecular flexibility index (Phi) is 5.05. The lowest BCUT2D eigenvalue weighted by molar-refractivity contribution is -0.142. The van der Waals surface area contributed by atoms with E-state index in [2.05, 4.69) is 19.2 Å². The Morgan fingerprint density at radius 3 is 2.15 bits per heavy atom. The summed E-state index contributed by atoms with van der Waals surface area (Å²) < 4.78 is 0. The van der Waals surface area contributed by atoms with Crippen LogP contribution >= 0.6 is 0 Å². The topological polar surface area (TPSA) is 69.6 Å². The van der Waals surface area contributed by atoms with Gasteiger partial charge >= 0.3 is 12.0 Å². The maximum atomic E-state index is 12.2. The van der Waals surface area contributed by atoms with Gasteiger partial charge in [0.05, 0.1) is 0 Å². The molecule has 1 fully saturated rings. The van der Waals surface area contributed by atoms with E-state index in [0.717, 1.165) is 19.3 Å². The highest BCUT2D eigenvalue weighted by atomic mass is 16.4. The van der Waals surface area contributed by atoms with Crippen LogP contribution in [0.5, 0.6) is 0 Å². The molecule has 0 aromatic carbocycles. The van der Waals surface area contributed by atoms with Gasteiger partial charge in [0.2, 0.25) is 0 Å². The highest BCUT2D eigenvalue weighted by Crippen LogP contribution is 2.34. The summed E-state index contributed by atoms with van der Waals surface area (Å²) in [6, 6.07) is -1.13. The number of hydrogen-bond donors (Lipinski definition) is 2. The summed E-state index contributed by atoms with van der Waals surface area (Å²) in [5.41, 5.74) is -0.192. The molecular weight excluding hydrogens is 256 g/mol. The Balaban J connectivity index is 2.62. The molecule has 1 atom stereocenters. The molecule has 1 aliphatic heterocycles. The standard InChI is InChI=1S/C15H28N2O3/c1-6-15(5)7-9-17(10-8-15)13(20)16-11(12(18)19)14(2,3)4/h11H,6-10H2,1-5H3,(H,16,20)(H,18,19)/t11-/m1/s1. The van der Waals surface area contributed by atoms with Gasteiger partial charge in [0, 0.05) is 13.1 Å². The maximum Gasteiger partial charge on any atom is 0.326 e. The quantitative estimate of drug-likeness (QED) is 0.837. The number of amides is 2. The number of hydrogen-bond acceptors (Lipinski definition) is 2. The molecule has 20 heavy (non-hydrogen) atoms. The largest absolute Gasteiger partial charge is 0.480 e. The van der Waals surface area contributed by atoms with Crippen LogP contribution in [0.2, 0.25) is 0 Å². The predicted molar refractivity (Wildman–Crippen MR) is 78.6 cm³/mol. The normalized spacial score (nSPS) is 20.4. The third kappa shape index (κ3) is 4.12. The Morgan fingerprint density at radius 1 is 1.30 bits per heavy atom. The van der Waals surface area contributed by atoms with E-state index in [4.69, 9.17) is 0 Å². The summed E-state index contributed by atoms with van der Waals surface area (Å²) in [5, 5.41) is 11.9. The zero-order valence-corrected chi connectivity index (χ0v) is 13.3. The van der Waals surface area contributed by atoms with Gasteiger partial charge in [0.1, 0.15) is 6.04 Å². The third-order valence-corrected chi connectivity index (χ3v) is 4.49. The van der Waals surface area contributed by atoms with Crippen molar-refractivity contribution in [3.8, 4) is 0 Å². The molecule has 1 saturated heterocycles. The average molecular weight is 284 g/mol. The van der Waals surface area contributed by atoms with Gasteiger partial charge in [-0.2, -0.15) is 0 Å². The molecule has 5 heteroatoms. The van der Waals surface area contributed by atoms with E-state index in [1.165, 1.54) is 0 Å². The van der Waals surface area contributed by atoms with E-state index in [1.807, 2.05) is 20.8 Å². The van der Waals surface area contributed by atoms with Gasteiger partial charge in [-0.05, 0) is 23.7 Å². The second-order valence-corrected chi connectivity index (χ2v) is 7.24. The van der Waals surface area contributed by atoms with Gasteiger partial charge in [-0.25, -0.2) is 9.59 Å². The molecule has 0 radical (unpaired) electrons. The molecule has 116 valence electrons. The van der Waals surface area contributed by atoms with Crippen molar-refractivity contribution in [2.45, 2.75) is 59.9 Å². The second-order valence-electron chi connectivity index (χ2n) is 7.24. The fourth-order valence-corrected chi connectivity index (χ4v) is 2.47. The number of piperidine rings is 1. The van der Waals surface area contributed by atoms with E-state index in [-0.39, 0.29) is 6.03 Å². The van der Waals surface area contributed by atoms with Crippen molar-refractivity contribution in [3.63, 3.8) is 0 Å². The van der Waals surface area contributed by atoms with Crippen molar-refractivity contribution in [2.24, 2.45) is 10.8 Å². The fraction of sp³-hybridized carbons (Fsp3) is 0.867. The summed E-state index contributed by atoms with van der Waals surface area (Å²) in [6.45, 7) is 11.3. The van der Waals surface area contributed by atoms with E-state index in [9.17, 15) is 14.7 Å². The minimum absolute atomic E-state index is 0.259. The monoisotopic (exact) mass is 284 g/mol. The Labute approximate surface area is 121 Å². The van der Waals surface area contributed by atoms with Crippen LogP contribution in [0.15, 0.2) is 0 Å². The van der Waals surface area contributed by atoms with E-state index in [1.54, 1.807) is 4.90 Å². The lowest BCUT2D eigenvalue weighted by Gasteiger charge is -2.39. The summed E-state index contributed by atoms with van der Waals surface area (Å²) in [7, 11) is 0. The van der Waals surface area contributed by atoms with Crippen molar-refractivity contribution < 1.29 is 14.7 Å². The van der Waals surface area contributed by atoms with Crippen LogP contribution in [0.25, 0.3) is 0 Å². The number of rotatable bonds is 3. The van der Waals surface area contributed by atoms with Gasteiger partial charge in [-0.3, -0.25) is 0 Å². The summed E-state index contributed by atoms with van der Waals surface area (Å²) in [4.78, 5) is 25.2. The van der Waals surface area contributed by atoms with Gasteiger partial charge in [0.15, 0.2) is 0 Å². The SMILES string of the molecule is CCC1(C)CCN(C(=O)N[C@H](C(=O)O)C(C)(C)C)CC1. The molecule has 0 aliphatic carbocycles. The Hall–Kier alpha value is -1.26. The molecule has 2 amide bonds. The molecule has 2 N–H and O–H groups in total. The highest BCUT2D eigenvalue weighted by molar-refractivity contribution is 5.83. The van der Waals surface area contributed by atoms with Crippen molar-refractivity contribution in [2.75, 3.05) is 13.1 Å². The maximum absolute atomic E-state index is 12.2. The predicted octanol–water partition coefficient (Wildman–Crippen LogP) is 2.71. The molecule has 5 nitrogen and oxygen atoms in total. The van der Waals surface area contributed by atoms with Crippen LogP contribution < -0.4 is 5.32 Å². The zero-order valence-electron chi connectivity index (χ0n) is 13.3. The summed E-state index contributed by atoms with van der Waals surface area (Å²) >= 11 is 0. The second kappa shape index (κ2) is 6.02. The van der Waals surface area contributed by atoms with Crippen LogP contribution in [-0.2, 0) is 4.79 Å². The number of nitrogens with zero attached hydrogens (tertiary/aromatic N) is 1. The number of nitrogens with one attached hydrogen (secondary N) is 1. The van der Waals surface area contributed by atoms with Crippen molar-refractivity contribution in [1.82, 2.24) is 10.2 Å². The van der Waals surface area contributed by atoms with Crippen LogP contribution in [-0.4, -0.2) is 41.1 Å². The van der Waals surface area contributed by atoms with Crippen LogP contribution in [0.1, 0.15) is 53.9 Å². The van der Waals surface area contributed by atoms with Gasteiger partial charge in [-0.1, -0.05) is 41.0 Å². The number of aliphatic carboxylic acids is 1. The first-order chi connectivity index (χ1) is 9.09. The van der Waals surface area contributed by atoms with Crippen molar-refractivity contribution in [3.05, 3.63) is 0 Å². The first-order valence-corrected chi connectivity index (χ1v) is 7.37. The molecule has 0 bridgehead atoms. The number of carboxylic acid groups (broad SMARTS) is 1. The number of carbonyl (C=O) groups excluding carboxylic acids is 1. The third-order valence-electron chi connectivity index (χ3n) is 4.49. The zero-order chi connectivity index (χ0) is 15.6. The Bertz CT molecular complexity index is 366. The van der Waals surface area contributed by atoms with Gasteiger partial charge in [-0.15, -0.1) is 0 Å². The number of likely N-dealkylation sites (tertiary alicyclic amines) is 1. The molecule has 1 aliphatic rings. The number of carbonyl (C=O) groups is 2. The van der Waals surface area contributed by atoms with Crippen LogP contribution in [0, 0.1) is 10.8 Å².